The van der Waals surface area contributed by atoms with Crippen LogP contribution in [-0.4, -0.2) is 33.0 Å². The Morgan fingerprint density at radius 1 is 1.53 bits per heavy atom. The fourth-order valence-electron chi connectivity index (χ4n) is 1.85. The first kappa shape index (κ1) is 13.7. The average Bonchev–Trinajstić information content (AvgIpc) is 2.73. The highest BCUT2D eigenvalue weighted by Crippen LogP contribution is 2.10. The molecule has 0 aliphatic carbocycles. The van der Waals surface area contributed by atoms with Gasteiger partial charge in [0.2, 0.25) is 0 Å². The van der Waals surface area contributed by atoms with Gasteiger partial charge in [0.1, 0.15) is 0 Å². The fourth-order valence-corrected chi connectivity index (χ4v) is 1.98. The highest BCUT2D eigenvalue weighted by atomic mass is 32.1. The van der Waals surface area contributed by atoms with Crippen molar-refractivity contribution in [1.29, 1.82) is 0 Å². The molecule has 2 aromatic rings. The zero-order valence-electron chi connectivity index (χ0n) is 10.9. The number of hydrogen-bond acceptors (Lipinski definition) is 4. The first-order valence-electron chi connectivity index (χ1n) is 5.95. The van der Waals surface area contributed by atoms with Crippen LogP contribution >= 0.6 is 12.2 Å². The minimum Gasteiger partial charge on any atom is -0.385 e. The molecule has 2 heterocycles. The number of rotatable bonds is 5. The van der Waals surface area contributed by atoms with Gasteiger partial charge in [0.25, 0.3) is 5.56 Å². The lowest BCUT2D eigenvalue weighted by Crippen LogP contribution is -2.22. The third-order valence-electron chi connectivity index (χ3n) is 2.89. The molecular weight excluding hydrogens is 264 g/mol. The molecule has 7 heteroatoms. The van der Waals surface area contributed by atoms with Crippen LogP contribution in [0, 0.1) is 4.77 Å². The van der Waals surface area contributed by atoms with Gasteiger partial charge in [0, 0.05) is 33.5 Å². The van der Waals surface area contributed by atoms with Gasteiger partial charge in [-0.3, -0.25) is 9.89 Å². The van der Waals surface area contributed by atoms with E-state index in [1.165, 1.54) is 0 Å². The van der Waals surface area contributed by atoms with Crippen LogP contribution in [0.2, 0.25) is 0 Å². The lowest BCUT2D eigenvalue weighted by atomic mass is 10.2. The van der Waals surface area contributed by atoms with Crippen molar-refractivity contribution in [2.24, 2.45) is 7.05 Å². The van der Waals surface area contributed by atoms with E-state index in [0.29, 0.717) is 29.3 Å². The van der Waals surface area contributed by atoms with E-state index in [0.717, 1.165) is 6.42 Å². The molecule has 0 fully saturated rings. The van der Waals surface area contributed by atoms with Gasteiger partial charge in [-0.05, 0) is 30.8 Å². The van der Waals surface area contributed by atoms with Gasteiger partial charge < -0.3 is 13.9 Å². The normalized spacial score (nSPS) is 10.8. The van der Waals surface area contributed by atoms with Crippen LogP contribution in [0.25, 0.3) is 11.4 Å². The number of ether oxygens (including phenoxy) is 1. The van der Waals surface area contributed by atoms with E-state index in [-0.39, 0.29) is 5.56 Å². The SMILES string of the molecule is COCCCn1cccc(-c2n[nH]c(=S)n2C)c1=O. The zero-order chi connectivity index (χ0) is 13.8. The van der Waals surface area contributed by atoms with Gasteiger partial charge >= 0.3 is 0 Å². The summed E-state index contributed by atoms with van der Waals surface area (Å²) in [6.07, 6.45) is 2.56. The highest BCUT2D eigenvalue weighted by molar-refractivity contribution is 7.71. The van der Waals surface area contributed by atoms with Crippen LogP contribution in [-0.2, 0) is 18.3 Å². The summed E-state index contributed by atoms with van der Waals surface area (Å²) in [7, 11) is 3.43. The van der Waals surface area contributed by atoms with E-state index in [4.69, 9.17) is 17.0 Å². The number of H-pyrrole nitrogens is 1. The number of methoxy groups -OCH3 is 1. The maximum atomic E-state index is 12.3. The van der Waals surface area contributed by atoms with Crippen LogP contribution in [0.5, 0.6) is 0 Å². The molecule has 0 radical (unpaired) electrons. The summed E-state index contributed by atoms with van der Waals surface area (Å²) < 4.78 is 8.83. The first-order chi connectivity index (χ1) is 9.15. The van der Waals surface area contributed by atoms with Crippen LogP contribution in [0.4, 0.5) is 0 Å². The molecule has 0 unspecified atom stereocenters. The summed E-state index contributed by atoms with van der Waals surface area (Å²) in [6, 6.07) is 3.58. The summed E-state index contributed by atoms with van der Waals surface area (Å²) in [5.41, 5.74) is 0.463. The minimum absolute atomic E-state index is 0.0734. The molecule has 0 amide bonds. The second kappa shape index (κ2) is 5.94. The van der Waals surface area contributed by atoms with Gasteiger partial charge in [-0.1, -0.05) is 0 Å². The number of aromatic nitrogens is 4. The van der Waals surface area contributed by atoms with Crippen molar-refractivity contribution in [3.05, 3.63) is 33.5 Å². The molecule has 6 nitrogen and oxygen atoms in total. The molecule has 102 valence electrons. The summed E-state index contributed by atoms with van der Waals surface area (Å²) in [5.74, 6) is 0.552. The number of aryl methyl sites for hydroxylation is 1. The average molecular weight is 280 g/mol. The number of aromatic amines is 1. The van der Waals surface area contributed by atoms with E-state index >= 15 is 0 Å². The summed E-state index contributed by atoms with van der Waals surface area (Å²) in [5, 5.41) is 6.77. The van der Waals surface area contributed by atoms with Crippen molar-refractivity contribution < 1.29 is 4.74 Å². The molecule has 0 bridgehead atoms. The van der Waals surface area contributed by atoms with E-state index in [1.807, 2.05) is 6.07 Å². The molecule has 0 saturated carbocycles. The third kappa shape index (κ3) is 2.82. The topological polar surface area (TPSA) is 64.8 Å². The standard InChI is InChI=1S/C12H16N4O2S/c1-15-10(13-14-12(15)19)9-5-3-6-16(11(9)17)7-4-8-18-2/h3,5-6H,4,7-8H2,1-2H3,(H,14,19). The van der Waals surface area contributed by atoms with Gasteiger partial charge in [-0.2, -0.15) is 5.10 Å². The molecule has 2 rings (SSSR count). The van der Waals surface area contributed by atoms with Crippen molar-refractivity contribution >= 4 is 12.2 Å². The molecule has 0 aliphatic rings. The van der Waals surface area contributed by atoms with Crippen molar-refractivity contribution in [2.45, 2.75) is 13.0 Å². The molecule has 0 saturated heterocycles. The van der Waals surface area contributed by atoms with Crippen molar-refractivity contribution in [1.82, 2.24) is 19.3 Å². The maximum absolute atomic E-state index is 12.3. The summed E-state index contributed by atoms with van der Waals surface area (Å²) >= 11 is 5.06. The fraction of sp³-hybridized carbons (Fsp3) is 0.417. The predicted molar refractivity (Wildman–Crippen MR) is 74.6 cm³/mol. The molecule has 0 spiro atoms. The monoisotopic (exact) mass is 280 g/mol. The first-order valence-corrected chi connectivity index (χ1v) is 6.36. The number of hydrogen-bond donors (Lipinski definition) is 1. The predicted octanol–water partition coefficient (Wildman–Crippen LogP) is 1.34. The Morgan fingerprint density at radius 3 is 2.95 bits per heavy atom. The van der Waals surface area contributed by atoms with Gasteiger partial charge in [-0.25, -0.2) is 0 Å². The summed E-state index contributed by atoms with van der Waals surface area (Å²) in [4.78, 5) is 12.3. The lowest BCUT2D eigenvalue weighted by Gasteiger charge is -2.07. The number of pyridine rings is 1. The van der Waals surface area contributed by atoms with Crippen LogP contribution in [0.3, 0.4) is 0 Å². The number of nitrogens with zero attached hydrogens (tertiary/aromatic N) is 3. The largest absolute Gasteiger partial charge is 0.385 e. The van der Waals surface area contributed by atoms with E-state index in [9.17, 15) is 4.79 Å². The molecule has 0 atom stereocenters. The van der Waals surface area contributed by atoms with Crippen LogP contribution < -0.4 is 5.56 Å². The van der Waals surface area contributed by atoms with Gasteiger partial charge in [0.15, 0.2) is 10.6 Å². The van der Waals surface area contributed by atoms with Gasteiger partial charge in [-0.15, -0.1) is 0 Å². The minimum atomic E-state index is -0.0734. The Morgan fingerprint density at radius 2 is 2.32 bits per heavy atom. The number of nitrogens with one attached hydrogen (secondary N) is 1. The molecule has 2 aromatic heterocycles. The van der Waals surface area contributed by atoms with E-state index < -0.39 is 0 Å². The Balaban J connectivity index is 2.37. The molecule has 0 aliphatic heterocycles. The second-order valence-corrected chi connectivity index (χ2v) is 4.56. The van der Waals surface area contributed by atoms with Gasteiger partial charge in [0.05, 0.1) is 5.56 Å². The quantitative estimate of drug-likeness (QED) is 0.663. The third-order valence-corrected chi connectivity index (χ3v) is 3.25. The molecule has 1 N–H and O–H groups in total. The zero-order valence-corrected chi connectivity index (χ0v) is 11.7. The molecular formula is C12H16N4O2S. The van der Waals surface area contributed by atoms with Crippen molar-refractivity contribution in [3.63, 3.8) is 0 Å². The van der Waals surface area contributed by atoms with E-state index in [1.54, 1.807) is 35.6 Å². The Kier molecular flexibility index (Phi) is 4.28. The lowest BCUT2D eigenvalue weighted by molar-refractivity contribution is 0.190. The van der Waals surface area contributed by atoms with E-state index in [2.05, 4.69) is 10.2 Å². The smallest absolute Gasteiger partial charge is 0.261 e. The van der Waals surface area contributed by atoms with Crippen LogP contribution in [0.1, 0.15) is 6.42 Å². The van der Waals surface area contributed by atoms with Crippen molar-refractivity contribution in [3.8, 4) is 11.4 Å². The Labute approximate surface area is 115 Å². The maximum Gasteiger partial charge on any atom is 0.261 e. The Bertz CT molecular complexity index is 671. The van der Waals surface area contributed by atoms with Crippen molar-refractivity contribution in [2.75, 3.05) is 13.7 Å². The van der Waals surface area contributed by atoms with Crippen LogP contribution in [0.15, 0.2) is 23.1 Å². The second-order valence-electron chi connectivity index (χ2n) is 4.18. The highest BCUT2D eigenvalue weighted by Gasteiger charge is 2.11. The Hall–Kier alpha value is -1.73. The molecule has 0 aromatic carbocycles. The summed E-state index contributed by atoms with van der Waals surface area (Å²) in [6.45, 7) is 1.25. The molecule has 19 heavy (non-hydrogen) atoms.